The Kier molecular flexibility index (Phi) is 2.53. The van der Waals surface area contributed by atoms with Gasteiger partial charge in [-0.05, 0) is 51.2 Å². The second-order valence-corrected chi connectivity index (χ2v) is 6.30. The third-order valence-electron chi connectivity index (χ3n) is 4.02. The van der Waals surface area contributed by atoms with Gasteiger partial charge in [-0.25, -0.2) is 0 Å². The number of nitrogens with two attached hydrogens (primary N) is 1. The van der Waals surface area contributed by atoms with Crippen LogP contribution < -0.4 is 5.73 Å². The molecule has 1 aliphatic rings. The lowest BCUT2D eigenvalue weighted by Crippen LogP contribution is -2.34. The van der Waals surface area contributed by atoms with Crippen molar-refractivity contribution in [2.75, 3.05) is 0 Å². The quantitative estimate of drug-likeness (QED) is 0.861. The summed E-state index contributed by atoms with van der Waals surface area (Å²) in [7, 11) is 0. The lowest BCUT2D eigenvalue weighted by Gasteiger charge is -2.19. The Morgan fingerprint density at radius 1 is 1.33 bits per heavy atom. The molecule has 18 heavy (non-hydrogen) atoms. The van der Waals surface area contributed by atoms with Gasteiger partial charge in [0.15, 0.2) is 0 Å². The zero-order valence-electron chi connectivity index (χ0n) is 11.6. The Labute approximate surface area is 109 Å². The molecular weight excluding hydrogens is 220 g/mol. The molecule has 2 heteroatoms. The Morgan fingerprint density at radius 3 is 2.83 bits per heavy atom. The lowest BCUT2D eigenvalue weighted by molar-refractivity contribution is 0.514. The maximum absolute atomic E-state index is 6.22. The van der Waals surface area contributed by atoms with E-state index < -0.39 is 0 Å². The van der Waals surface area contributed by atoms with Crippen molar-refractivity contribution < 1.29 is 0 Å². The van der Waals surface area contributed by atoms with E-state index in [4.69, 9.17) is 5.73 Å². The van der Waals surface area contributed by atoms with Crippen LogP contribution in [0.1, 0.15) is 37.1 Å². The number of hydrogen-bond acceptors (Lipinski definition) is 1. The standard InChI is InChI=1S/C16H22N2/c1-11-14(10-16(2,3)17)13-8-4-6-12-7-5-9-18(11)15(12)13/h4,6,8H,5,7,9-10,17H2,1-3H3. The molecule has 2 N–H and O–H groups in total. The van der Waals surface area contributed by atoms with Crippen LogP contribution >= 0.6 is 0 Å². The summed E-state index contributed by atoms with van der Waals surface area (Å²) in [6.45, 7) is 7.62. The van der Waals surface area contributed by atoms with E-state index in [0.29, 0.717) is 0 Å². The molecule has 0 saturated carbocycles. The number of hydrogen-bond donors (Lipinski definition) is 1. The van der Waals surface area contributed by atoms with Crippen LogP contribution in [-0.2, 0) is 19.4 Å². The average molecular weight is 242 g/mol. The fraction of sp³-hybridized carbons (Fsp3) is 0.500. The minimum Gasteiger partial charge on any atom is -0.344 e. The second-order valence-electron chi connectivity index (χ2n) is 6.30. The average Bonchev–Trinajstić information content (AvgIpc) is 2.56. The highest BCUT2D eigenvalue weighted by atomic mass is 15.0. The topological polar surface area (TPSA) is 30.9 Å². The van der Waals surface area contributed by atoms with Crippen molar-refractivity contribution >= 4 is 10.9 Å². The molecule has 0 aliphatic carbocycles. The zero-order chi connectivity index (χ0) is 12.9. The van der Waals surface area contributed by atoms with Crippen LogP contribution in [-0.4, -0.2) is 10.1 Å². The number of rotatable bonds is 2. The Bertz CT molecular complexity index is 600. The Balaban J connectivity index is 2.27. The minimum absolute atomic E-state index is 0.145. The van der Waals surface area contributed by atoms with Crippen molar-refractivity contribution in [2.24, 2.45) is 5.73 Å². The van der Waals surface area contributed by atoms with Gasteiger partial charge < -0.3 is 10.3 Å². The van der Waals surface area contributed by atoms with Crippen LogP contribution in [0.15, 0.2) is 18.2 Å². The molecule has 1 aliphatic heterocycles. The van der Waals surface area contributed by atoms with E-state index in [1.807, 2.05) is 0 Å². The van der Waals surface area contributed by atoms with E-state index in [1.165, 1.54) is 40.6 Å². The molecule has 0 spiro atoms. The van der Waals surface area contributed by atoms with Gasteiger partial charge in [-0.15, -0.1) is 0 Å². The van der Waals surface area contributed by atoms with Crippen LogP contribution in [0.25, 0.3) is 10.9 Å². The van der Waals surface area contributed by atoms with Crippen molar-refractivity contribution in [1.29, 1.82) is 0 Å². The van der Waals surface area contributed by atoms with Gasteiger partial charge in [-0.2, -0.15) is 0 Å². The SMILES string of the molecule is Cc1c(CC(C)(C)N)c2cccc3c2n1CCC3. The van der Waals surface area contributed by atoms with Gasteiger partial charge in [0.1, 0.15) is 0 Å². The van der Waals surface area contributed by atoms with E-state index in [2.05, 4.69) is 43.5 Å². The third-order valence-corrected chi connectivity index (χ3v) is 4.02. The van der Waals surface area contributed by atoms with E-state index in [-0.39, 0.29) is 5.54 Å². The molecule has 2 heterocycles. The maximum Gasteiger partial charge on any atom is 0.0517 e. The van der Waals surface area contributed by atoms with Crippen molar-refractivity contribution in [3.8, 4) is 0 Å². The first-order chi connectivity index (χ1) is 8.47. The predicted octanol–water partition coefficient (Wildman–Crippen LogP) is 3.18. The monoisotopic (exact) mass is 242 g/mol. The number of aryl methyl sites for hydroxylation is 2. The molecule has 1 aromatic heterocycles. The second kappa shape index (κ2) is 3.86. The largest absolute Gasteiger partial charge is 0.344 e. The number of aromatic nitrogens is 1. The fourth-order valence-electron chi connectivity index (χ4n) is 3.27. The third kappa shape index (κ3) is 1.76. The zero-order valence-corrected chi connectivity index (χ0v) is 11.6. The van der Waals surface area contributed by atoms with Crippen LogP contribution in [0.3, 0.4) is 0 Å². The van der Waals surface area contributed by atoms with E-state index in [1.54, 1.807) is 0 Å². The van der Waals surface area contributed by atoms with E-state index in [9.17, 15) is 0 Å². The molecule has 0 amide bonds. The summed E-state index contributed by atoms with van der Waals surface area (Å²) in [5, 5.41) is 1.42. The first-order valence-electron chi connectivity index (χ1n) is 6.86. The summed E-state index contributed by atoms with van der Waals surface area (Å²) in [4.78, 5) is 0. The molecule has 0 saturated heterocycles. The van der Waals surface area contributed by atoms with Gasteiger partial charge >= 0.3 is 0 Å². The van der Waals surface area contributed by atoms with Crippen molar-refractivity contribution in [1.82, 2.24) is 4.57 Å². The van der Waals surface area contributed by atoms with Crippen molar-refractivity contribution in [3.63, 3.8) is 0 Å². The molecule has 2 aromatic rings. The smallest absolute Gasteiger partial charge is 0.0517 e. The number of para-hydroxylation sites is 1. The summed E-state index contributed by atoms with van der Waals surface area (Å²) >= 11 is 0. The normalized spacial score (nSPS) is 15.3. The first kappa shape index (κ1) is 11.8. The Hall–Kier alpha value is -1.28. The summed E-state index contributed by atoms with van der Waals surface area (Å²) in [5.41, 5.74) is 11.9. The van der Waals surface area contributed by atoms with Gasteiger partial charge in [-0.1, -0.05) is 18.2 Å². The van der Waals surface area contributed by atoms with Gasteiger partial charge in [-0.3, -0.25) is 0 Å². The van der Waals surface area contributed by atoms with Gasteiger partial charge in [0.25, 0.3) is 0 Å². The van der Waals surface area contributed by atoms with E-state index in [0.717, 1.165) is 13.0 Å². The van der Waals surface area contributed by atoms with Gasteiger partial charge in [0.05, 0.1) is 5.52 Å². The molecule has 0 atom stereocenters. The predicted molar refractivity (Wildman–Crippen MR) is 77.0 cm³/mol. The summed E-state index contributed by atoms with van der Waals surface area (Å²) in [6.07, 6.45) is 3.42. The van der Waals surface area contributed by atoms with E-state index >= 15 is 0 Å². The van der Waals surface area contributed by atoms with Crippen LogP contribution in [0, 0.1) is 6.92 Å². The molecule has 3 rings (SSSR count). The Morgan fingerprint density at radius 2 is 2.11 bits per heavy atom. The molecule has 96 valence electrons. The summed E-state index contributed by atoms with van der Waals surface area (Å²) in [6, 6.07) is 6.73. The number of nitrogens with zero attached hydrogens (tertiary/aromatic N) is 1. The molecule has 0 unspecified atom stereocenters. The summed E-state index contributed by atoms with van der Waals surface area (Å²) in [5.74, 6) is 0. The minimum atomic E-state index is -0.145. The van der Waals surface area contributed by atoms with Gasteiger partial charge in [0.2, 0.25) is 0 Å². The highest BCUT2D eigenvalue weighted by Crippen LogP contribution is 2.33. The lowest BCUT2D eigenvalue weighted by atomic mass is 9.93. The van der Waals surface area contributed by atoms with Gasteiger partial charge in [0, 0.05) is 23.2 Å². The van der Waals surface area contributed by atoms with Crippen LogP contribution in [0.2, 0.25) is 0 Å². The highest BCUT2D eigenvalue weighted by molar-refractivity contribution is 5.88. The van der Waals surface area contributed by atoms with Crippen LogP contribution in [0.5, 0.6) is 0 Å². The van der Waals surface area contributed by atoms with Crippen LogP contribution in [0.4, 0.5) is 0 Å². The molecule has 1 aromatic carbocycles. The summed E-state index contributed by atoms with van der Waals surface area (Å²) < 4.78 is 2.50. The molecule has 2 nitrogen and oxygen atoms in total. The first-order valence-corrected chi connectivity index (χ1v) is 6.86. The molecule has 0 radical (unpaired) electrons. The van der Waals surface area contributed by atoms with Crippen molar-refractivity contribution in [2.45, 2.75) is 52.1 Å². The fourth-order valence-corrected chi connectivity index (χ4v) is 3.27. The molecule has 0 fully saturated rings. The highest BCUT2D eigenvalue weighted by Gasteiger charge is 2.22. The molecular formula is C16H22N2. The van der Waals surface area contributed by atoms with Crippen molar-refractivity contribution in [3.05, 3.63) is 35.0 Å². The maximum atomic E-state index is 6.22. The number of benzene rings is 1. The molecule has 0 bridgehead atoms.